The maximum atomic E-state index is 12.1. The SMILES string of the molecule is O=C(OCc1ccccc1)C1CCCN1C/C=C/Cl. The van der Waals surface area contributed by atoms with Gasteiger partial charge in [-0.1, -0.05) is 48.0 Å². The summed E-state index contributed by atoms with van der Waals surface area (Å²) in [5.74, 6) is -0.135. The van der Waals surface area contributed by atoms with Crippen LogP contribution in [-0.2, 0) is 16.1 Å². The van der Waals surface area contributed by atoms with Crippen molar-refractivity contribution >= 4 is 17.6 Å². The van der Waals surface area contributed by atoms with Crippen LogP contribution in [0.5, 0.6) is 0 Å². The van der Waals surface area contributed by atoms with E-state index in [0.717, 1.165) is 24.9 Å². The van der Waals surface area contributed by atoms with Crippen molar-refractivity contribution in [1.82, 2.24) is 4.90 Å². The molecular weight excluding hydrogens is 262 g/mol. The van der Waals surface area contributed by atoms with Crippen molar-refractivity contribution in [3.05, 3.63) is 47.5 Å². The average molecular weight is 280 g/mol. The topological polar surface area (TPSA) is 29.5 Å². The lowest BCUT2D eigenvalue weighted by molar-refractivity contribution is -0.150. The van der Waals surface area contributed by atoms with Crippen LogP contribution >= 0.6 is 11.6 Å². The maximum absolute atomic E-state index is 12.1. The second kappa shape index (κ2) is 7.31. The van der Waals surface area contributed by atoms with Gasteiger partial charge in [-0.15, -0.1) is 0 Å². The van der Waals surface area contributed by atoms with E-state index >= 15 is 0 Å². The summed E-state index contributed by atoms with van der Waals surface area (Å²) in [4.78, 5) is 14.2. The van der Waals surface area contributed by atoms with Gasteiger partial charge >= 0.3 is 5.97 Å². The molecule has 1 saturated heterocycles. The molecule has 0 N–H and O–H groups in total. The molecule has 1 heterocycles. The van der Waals surface area contributed by atoms with Crippen molar-refractivity contribution in [2.75, 3.05) is 13.1 Å². The summed E-state index contributed by atoms with van der Waals surface area (Å²) in [6, 6.07) is 9.61. The van der Waals surface area contributed by atoms with Gasteiger partial charge in [0.05, 0.1) is 0 Å². The van der Waals surface area contributed by atoms with Crippen LogP contribution < -0.4 is 0 Å². The molecule has 102 valence electrons. The Hall–Kier alpha value is -1.32. The Bertz CT molecular complexity index is 433. The van der Waals surface area contributed by atoms with E-state index < -0.39 is 0 Å². The normalized spacial score (nSPS) is 19.9. The maximum Gasteiger partial charge on any atom is 0.323 e. The largest absolute Gasteiger partial charge is 0.460 e. The number of nitrogens with zero attached hydrogens (tertiary/aromatic N) is 1. The fraction of sp³-hybridized carbons (Fsp3) is 0.400. The summed E-state index contributed by atoms with van der Waals surface area (Å²) in [7, 11) is 0. The predicted octanol–water partition coefficient (Wildman–Crippen LogP) is 2.95. The first-order valence-corrected chi connectivity index (χ1v) is 6.94. The summed E-state index contributed by atoms with van der Waals surface area (Å²) in [5, 5.41) is 0. The highest BCUT2D eigenvalue weighted by Crippen LogP contribution is 2.18. The molecule has 0 aliphatic carbocycles. The molecule has 2 rings (SSSR count). The minimum Gasteiger partial charge on any atom is -0.460 e. The Balaban J connectivity index is 1.85. The second-order valence-electron chi connectivity index (χ2n) is 4.61. The van der Waals surface area contributed by atoms with Gasteiger partial charge < -0.3 is 4.74 Å². The molecule has 3 nitrogen and oxygen atoms in total. The molecule has 1 fully saturated rings. The number of hydrogen-bond donors (Lipinski definition) is 0. The first-order chi connectivity index (χ1) is 9.31. The highest BCUT2D eigenvalue weighted by molar-refractivity contribution is 6.25. The average Bonchev–Trinajstić information content (AvgIpc) is 2.92. The van der Waals surface area contributed by atoms with Crippen molar-refractivity contribution in [2.24, 2.45) is 0 Å². The number of esters is 1. The molecule has 0 amide bonds. The van der Waals surface area contributed by atoms with E-state index in [9.17, 15) is 4.79 Å². The van der Waals surface area contributed by atoms with Crippen LogP contribution in [0.2, 0.25) is 0 Å². The van der Waals surface area contributed by atoms with E-state index in [1.807, 2.05) is 36.4 Å². The fourth-order valence-corrected chi connectivity index (χ4v) is 2.39. The van der Waals surface area contributed by atoms with Gasteiger partial charge in [0.15, 0.2) is 0 Å². The van der Waals surface area contributed by atoms with Gasteiger partial charge in [0, 0.05) is 12.1 Å². The van der Waals surface area contributed by atoms with Gasteiger partial charge in [0.1, 0.15) is 12.6 Å². The first-order valence-electron chi connectivity index (χ1n) is 6.51. The minimum atomic E-state index is -0.135. The Morgan fingerprint density at radius 1 is 1.42 bits per heavy atom. The molecule has 0 spiro atoms. The fourth-order valence-electron chi connectivity index (χ4n) is 2.31. The molecular formula is C15H18ClNO2. The van der Waals surface area contributed by atoms with Crippen molar-refractivity contribution in [3.8, 4) is 0 Å². The minimum absolute atomic E-state index is 0.128. The highest BCUT2D eigenvalue weighted by atomic mass is 35.5. The second-order valence-corrected chi connectivity index (χ2v) is 4.86. The van der Waals surface area contributed by atoms with Gasteiger partial charge in [0.25, 0.3) is 0 Å². The van der Waals surface area contributed by atoms with Crippen LogP contribution in [0.15, 0.2) is 41.9 Å². The molecule has 0 radical (unpaired) electrons. The zero-order chi connectivity index (χ0) is 13.5. The number of halogens is 1. The third kappa shape index (κ3) is 4.08. The zero-order valence-corrected chi connectivity index (χ0v) is 11.6. The van der Waals surface area contributed by atoms with Crippen LogP contribution in [-0.4, -0.2) is 30.0 Å². The lowest BCUT2D eigenvalue weighted by atomic mass is 10.2. The van der Waals surface area contributed by atoms with Crippen molar-refractivity contribution < 1.29 is 9.53 Å². The molecule has 1 unspecified atom stereocenters. The number of ether oxygens (including phenoxy) is 1. The highest BCUT2D eigenvalue weighted by Gasteiger charge is 2.30. The Morgan fingerprint density at radius 2 is 2.21 bits per heavy atom. The number of benzene rings is 1. The summed E-state index contributed by atoms with van der Waals surface area (Å²) in [5.41, 5.74) is 2.51. The van der Waals surface area contributed by atoms with Gasteiger partial charge in [-0.05, 0) is 24.9 Å². The zero-order valence-electron chi connectivity index (χ0n) is 10.8. The van der Waals surface area contributed by atoms with Gasteiger partial charge in [0.2, 0.25) is 0 Å². The lowest BCUT2D eigenvalue weighted by Crippen LogP contribution is -2.37. The number of hydrogen-bond acceptors (Lipinski definition) is 3. The van der Waals surface area contributed by atoms with Crippen LogP contribution in [0.1, 0.15) is 18.4 Å². The van der Waals surface area contributed by atoms with Crippen LogP contribution in [0.25, 0.3) is 0 Å². The number of carbonyl (C=O) groups is 1. The Kier molecular flexibility index (Phi) is 5.43. The van der Waals surface area contributed by atoms with E-state index in [4.69, 9.17) is 16.3 Å². The smallest absolute Gasteiger partial charge is 0.323 e. The molecule has 1 aromatic carbocycles. The number of likely N-dealkylation sites (tertiary alicyclic amines) is 1. The van der Waals surface area contributed by atoms with Gasteiger partial charge in [-0.3, -0.25) is 9.69 Å². The van der Waals surface area contributed by atoms with Gasteiger partial charge in [-0.2, -0.15) is 0 Å². The Morgan fingerprint density at radius 3 is 2.95 bits per heavy atom. The monoisotopic (exact) mass is 279 g/mol. The molecule has 1 aliphatic rings. The molecule has 1 aliphatic heterocycles. The van der Waals surface area contributed by atoms with E-state index in [-0.39, 0.29) is 12.0 Å². The summed E-state index contributed by atoms with van der Waals surface area (Å²) >= 11 is 5.53. The lowest BCUT2D eigenvalue weighted by Gasteiger charge is -2.21. The van der Waals surface area contributed by atoms with Crippen LogP contribution in [0, 0.1) is 0 Å². The van der Waals surface area contributed by atoms with E-state index in [2.05, 4.69) is 4.90 Å². The molecule has 0 bridgehead atoms. The summed E-state index contributed by atoms with van der Waals surface area (Å²) in [6.07, 6.45) is 3.75. The van der Waals surface area contributed by atoms with Crippen molar-refractivity contribution in [1.29, 1.82) is 0 Å². The van der Waals surface area contributed by atoms with Crippen molar-refractivity contribution in [3.63, 3.8) is 0 Å². The van der Waals surface area contributed by atoms with E-state index in [1.165, 1.54) is 5.54 Å². The van der Waals surface area contributed by atoms with E-state index in [1.54, 1.807) is 0 Å². The van der Waals surface area contributed by atoms with Gasteiger partial charge in [-0.25, -0.2) is 0 Å². The summed E-state index contributed by atoms with van der Waals surface area (Å²) < 4.78 is 5.38. The molecule has 4 heteroatoms. The Labute approximate surface area is 118 Å². The molecule has 0 aromatic heterocycles. The first kappa shape index (κ1) is 14.1. The van der Waals surface area contributed by atoms with Crippen LogP contribution in [0.3, 0.4) is 0 Å². The quantitative estimate of drug-likeness (QED) is 0.776. The predicted molar refractivity (Wildman–Crippen MR) is 75.8 cm³/mol. The molecule has 19 heavy (non-hydrogen) atoms. The van der Waals surface area contributed by atoms with E-state index in [0.29, 0.717) is 13.2 Å². The molecule has 0 saturated carbocycles. The van der Waals surface area contributed by atoms with Crippen LogP contribution in [0.4, 0.5) is 0 Å². The van der Waals surface area contributed by atoms with Crippen molar-refractivity contribution in [2.45, 2.75) is 25.5 Å². The number of carbonyl (C=O) groups excluding carboxylic acids is 1. The third-order valence-electron chi connectivity index (χ3n) is 3.29. The third-order valence-corrected chi connectivity index (χ3v) is 3.47. The standard InChI is InChI=1S/C15H18ClNO2/c16-9-5-11-17-10-4-8-14(17)15(18)19-12-13-6-2-1-3-7-13/h1-3,5-7,9,14H,4,8,10-12H2/b9-5+. The molecule has 1 aromatic rings. The summed E-state index contributed by atoms with van der Waals surface area (Å²) in [6.45, 7) is 1.97. The molecule has 1 atom stereocenters. The number of rotatable bonds is 5.